The van der Waals surface area contributed by atoms with Crippen LogP contribution in [0.4, 0.5) is 0 Å². The number of nitrogens with one attached hydrogen (secondary N) is 2. The van der Waals surface area contributed by atoms with Gasteiger partial charge >= 0.3 is 0 Å². The van der Waals surface area contributed by atoms with Crippen molar-refractivity contribution in [1.82, 2.24) is 0 Å². The second-order valence-electron chi connectivity index (χ2n) is 4.48. The van der Waals surface area contributed by atoms with Gasteiger partial charge in [0.2, 0.25) is 0 Å². The average Bonchev–Trinajstić information content (AvgIpc) is 2.04. The van der Waals surface area contributed by atoms with Gasteiger partial charge in [0.25, 0.3) is 0 Å². The SMILES string of the molecule is CCC(C)CC(C)(C)C.N=C=S.N=C=S. The van der Waals surface area contributed by atoms with Crippen LogP contribution in [0.15, 0.2) is 0 Å². The van der Waals surface area contributed by atoms with Crippen LogP contribution in [0.25, 0.3) is 0 Å². The first kappa shape index (κ1) is 20.1. The molecule has 0 aromatic carbocycles. The molecule has 88 valence electrons. The predicted molar refractivity (Wildman–Crippen MR) is 74.2 cm³/mol. The van der Waals surface area contributed by atoms with E-state index < -0.39 is 0 Å². The maximum absolute atomic E-state index is 5.77. The smallest absolute Gasteiger partial charge is 0.0554 e. The fraction of sp³-hybridized carbons (Fsp3) is 0.818. The van der Waals surface area contributed by atoms with Gasteiger partial charge in [-0.3, -0.25) is 0 Å². The minimum atomic E-state index is 0.523. The highest BCUT2D eigenvalue weighted by molar-refractivity contribution is 7.78. The number of hydrogen-bond acceptors (Lipinski definition) is 4. The molecule has 0 rings (SSSR count). The lowest BCUT2D eigenvalue weighted by atomic mass is 9.84. The Morgan fingerprint density at radius 1 is 1.13 bits per heavy atom. The second-order valence-corrected chi connectivity index (χ2v) is 4.89. The number of isothiocyanates is 2. The van der Waals surface area contributed by atoms with Crippen LogP contribution in [-0.2, 0) is 0 Å². The van der Waals surface area contributed by atoms with Gasteiger partial charge in [-0.15, -0.1) is 0 Å². The van der Waals surface area contributed by atoms with Gasteiger partial charge in [-0.25, -0.2) is 10.8 Å². The van der Waals surface area contributed by atoms with Gasteiger partial charge < -0.3 is 0 Å². The lowest BCUT2D eigenvalue weighted by Crippen LogP contribution is -2.09. The van der Waals surface area contributed by atoms with Gasteiger partial charge in [-0.05, 0) is 42.2 Å². The number of thiocarbonyl (C=S) groups is 2. The largest absolute Gasteiger partial charge is 0.248 e. The molecule has 0 radical (unpaired) electrons. The van der Waals surface area contributed by atoms with Gasteiger partial charge in [0.05, 0.1) is 10.3 Å². The van der Waals surface area contributed by atoms with E-state index in [4.69, 9.17) is 10.8 Å². The van der Waals surface area contributed by atoms with Crippen molar-refractivity contribution in [1.29, 1.82) is 10.8 Å². The molecule has 0 fully saturated rings. The van der Waals surface area contributed by atoms with Crippen molar-refractivity contribution in [3.63, 3.8) is 0 Å². The summed E-state index contributed by atoms with van der Waals surface area (Å²) in [4.78, 5) is 0. The van der Waals surface area contributed by atoms with Crippen molar-refractivity contribution in [3.8, 4) is 0 Å². The normalized spacial score (nSPS) is 10.5. The standard InChI is InChI=1S/C9H20.2CHNS/c1-6-8(2)7-9(3,4)5;2*2-1-3/h8H,6-7H2,1-5H3;2*2H. The van der Waals surface area contributed by atoms with E-state index in [-0.39, 0.29) is 0 Å². The Bertz CT molecular complexity index is 183. The summed E-state index contributed by atoms with van der Waals surface area (Å²) in [6, 6.07) is 0. The van der Waals surface area contributed by atoms with Gasteiger partial charge in [0.1, 0.15) is 0 Å². The van der Waals surface area contributed by atoms with E-state index in [9.17, 15) is 0 Å². The molecular formula is C11H22N2S2. The van der Waals surface area contributed by atoms with E-state index >= 15 is 0 Å². The summed E-state index contributed by atoms with van der Waals surface area (Å²) in [7, 11) is 0. The summed E-state index contributed by atoms with van der Waals surface area (Å²) < 4.78 is 0. The Morgan fingerprint density at radius 2 is 1.40 bits per heavy atom. The summed E-state index contributed by atoms with van der Waals surface area (Å²) in [6.07, 6.45) is 2.67. The monoisotopic (exact) mass is 246 g/mol. The molecule has 0 saturated heterocycles. The van der Waals surface area contributed by atoms with Crippen LogP contribution in [0, 0.1) is 22.2 Å². The summed E-state index contributed by atoms with van der Waals surface area (Å²) in [5.41, 5.74) is 0.523. The molecule has 0 aromatic rings. The first-order chi connectivity index (χ1) is 6.78. The molecule has 15 heavy (non-hydrogen) atoms. The molecule has 0 aromatic heterocycles. The topological polar surface area (TPSA) is 47.7 Å². The van der Waals surface area contributed by atoms with Gasteiger partial charge in [0, 0.05) is 0 Å². The van der Waals surface area contributed by atoms with Gasteiger partial charge in [-0.1, -0.05) is 41.0 Å². The van der Waals surface area contributed by atoms with Crippen LogP contribution >= 0.6 is 24.4 Å². The molecule has 0 aliphatic rings. The first-order valence-electron chi connectivity index (χ1n) is 4.86. The Balaban J connectivity index is -0.000000200. The van der Waals surface area contributed by atoms with E-state index in [1.54, 1.807) is 10.3 Å². The third kappa shape index (κ3) is 42.0. The summed E-state index contributed by atoms with van der Waals surface area (Å²) in [6.45, 7) is 11.5. The molecule has 0 spiro atoms. The minimum absolute atomic E-state index is 0.523. The Labute approximate surface area is 104 Å². The molecule has 2 N–H and O–H groups in total. The van der Waals surface area contributed by atoms with E-state index in [0.717, 1.165) is 5.92 Å². The molecule has 0 aliphatic heterocycles. The molecule has 0 saturated carbocycles. The molecule has 0 heterocycles. The Kier molecular flexibility index (Phi) is 18.2. The predicted octanol–water partition coefficient (Wildman–Crippen LogP) is 4.80. The molecule has 0 aliphatic carbocycles. The molecular weight excluding hydrogens is 224 g/mol. The van der Waals surface area contributed by atoms with Gasteiger partial charge in [0.15, 0.2) is 0 Å². The van der Waals surface area contributed by atoms with Crippen LogP contribution in [0.3, 0.4) is 0 Å². The zero-order valence-electron chi connectivity index (χ0n) is 10.3. The summed E-state index contributed by atoms with van der Waals surface area (Å²) in [5.74, 6) is 0.894. The van der Waals surface area contributed by atoms with E-state index in [1.165, 1.54) is 12.8 Å². The van der Waals surface area contributed by atoms with E-state index in [2.05, 4.69) is 59.1 Å². The van der Waals surface area contributed by atoms with Crippen LogP contribution < -0.4 is 0 Å². The van der Waals surface area contributed by atoms with Crippen molar-refractivity contribution < 1.29 is 0 Å². The molecule has 2 nitrogen and oxygen atoms in total. The van der Waals surface area contributed by atoms with Crippen molar-refractivity contribution in [3.05, 3.63) is 0 Å². The molecule has 1 unspecified atom stereocenters. The zero-order valence-corrected chi connectivity index (χ0v) is 11.9. The highest BCUT2D eigenvalue weighted by Gasteiger charge is 2.13. The fourth-order valence-corrected chi connectivity index (χ4v) is 1.19. The third-order valence-corrected chi connectivity index (χ3v) is 1.66. The summed E-state index contributed by atoms with van der Waals surface area (Å²) in [5, 5.41) is 14.7. The highest BCUT2D eigenvalue weighted by atomic mass is 32.1. The third-order valence-electron chi connectivity index (χ3n) is 1.66. The van der Waals surface area contributed by atoms with E-state index in [1.807, 2.05) is 0 Å². The lowest BCUT2D eigenvalue weighted by molar-refractivity contribution is 0.302. The van der Waals surface area contributed by atoms with E-state index in [0.29, 0.717) is 5.41 Å². The molecule has 1 atom stereocenters. The van der Waals surface area contributed by atoms with Crippen LogP contribution in [0.5, 0.6) is 0 Å². The molecule has 0 bridgehead atoms. The van der Waals surface area contributed by atoms with Crippen LogP contribution in [0.2, 0.25) is 0 Å². The zero-order chi connectivity index (χ0) is 12.9. The molecule has 0 amide bonds. The summed E-state index contributed by atoms with van der Waals surface area (Å²) >= 11 is 7.62. The first-order valence-corrected chi connectivity index (χ1v) is 5.68. The van der Waals surface area contributed by atoms with Crippen LogP contribution in [0.1, 0.15) is 47.5 Å². The lowest BCUT2D eigenvalue weighted by Gasteiger charge is -2.21. The quantitative estimate of drug-likeness (QED) is 0.543. The maximum atomic E-state index is 5.77. The maximum Gasteiger partial charge on any atom is 0.0554 e. The Hall–Kier alpha value is -0.400. The van der Waals surface area contributed by atoms with Crippen molar-refractivity contribution in [2.24, 2.45) is 11.3 Å². The average molecular weight is 246 g/mol. The minimum Gasteiger partial charge on any atom is -0.248 e. The van der Waals surface area contributed by atoms with Crippen LogP contribution in [-0.4, -0.2) is 10.3 Å². The highest BCUT2D eigenvalue weighted by Crippen LogP contribution is 2.25. The number of hydrogen-bond donors (Lipinski definition) is 2. The van der Waals surface area contributed by atoms with Gasteiger partial charge in [-0.2, -0.15) is 0 Å². The number of rotatable bonds is 2. The van der Waals surface area contributed by atoms with Crippen molar-refractivity contribution in [2.75, 3.05) is 0 Å². The van der Waals surface area contributed by atoms with Crippen molar-refractivity contribution in [2.45, 2.75) is 47.5 Å². The van der Waals surface area contributed by atoms with Crippen molar-refractivity contribution >= 4 is 34.8 Å². The fourth-order valence-electron chi connectivity index (χ4n) is 1.19. The second kappa shape index (κ2) is 13.6. The molecule has 4 heteroatoms. The Morgan fingerprint density at radius 3 is 1.47 bits per heavy atom.